The van der Waals surface area contributed by atoms with Crippen LogP contribution >= 0.6 is 0 Å². The molecule has 182 valence electrons. The van der Waals surface area contributed by atoms with Gasteiger partial charge in [0.1, 0.15) is 0 Å². The van der Waals surface area contributed by atoms with Gasteiger partial charge in [0, 0.05) is 25.4 Å². The lowest BCUT2D eigenvalue weighted by Gasteiger charge is -2.13. The van der Waals surface area contributed by atoms with Gasteiger partial charge in [0.15, 0.2) is 0 Å². The molecule has 3 aromatic carbocycles. The molecule has 12 heteroatoms. The zero-order valence-corrected chi connectivity index (χ0v) is 20.4. The molecule has 1 heterocycles. The number of hydrazone groups is 1. The van der Waals surface area contributed by atoms with E-state index in [0.717, 1.165) is 22.1 Å². The standard InChI is InChI=1S/C23H22N4O6S2/c1-17-8-12-20(13-9-17)34(30,31)25(2)24-16-22-23(18-6-4-3-5-7-18)26(22)35(32,33)21-14-10-19(11-15-21)27(28)29/h3-16,22-23H,1-2H3/b24-16+/t22-,23-,26?/m1/s1. The molecule has 4 rings (SSSR count). The number of sulfonamides is 2. The molecule has 0 aromatic heterocycles. The summed E-state index contributed by atoms with van der Waals surface area (Å²) in [5, 5.41) is 15.0. The lowest BCUT2D eigenvalue weighted by Crippen LogP contribution is -2.23. The van der Waals surface area contributed by atoms with Crippen LogP contribution in [0.25, 0.3) is 0 Å². The molecule has 0 bridgehead atoms. The highest BCUT2D eigenvalue weighted by molar-refractivity contribution is 7.89. The number of nitrogens with zero attached hydrogens (tertiary/aromatic N) is 4. The van der Waals surface area contributed by atoms with E-state index in [1.54, 1.807) is 42.5 Å². The maximum absolute atomic E-state index is 13.3. The second-order valence-corrected chi connectivity index (χ2v) is 11.7. The zero-order valence-electron chi connectivity index (χ0n) is 18.8. The third kappa shape index (κ3) is 4.81. The largest absolute Gasteiger partial charge is 0.278 e. The molecule has 1 saturated heterocycles. The van der Waals surface area contributed by atoms with Gasteiger partial charge in [-0.3, -0.25) is 10.1 Å². The van der Waals surface area contributed by atoms with Gasteiger partial charge in [-0.1, -0.05) is 48.0 Å². The smallest absolute Gasteiger partial charge is 0.258 e. The minimum Gasteiger partial charge on any atom is -0.258 e. The first-order chi connectivity index (χ1) is 16.5. The summed E-state index contributed by atoms with van der Waals surface area (Å²) in [7, 11) is -6.69. The quantitative estimate of drug-likeness (QED) is 0.196. The molecule has 3 aromatic rings. The van der Waals surface area contributed by atoms with E-state index in [2.05, 4.69) is 5.10 Å². The fourth-order valence-electron chi connectivity index (χ4n) is 3.63. The highest BCUT2D eigenvalue weighted by atomic mass is 32.2. The summed E-state index contributed by atoms with van der Waals surface area (Å²) in [6.07, 6.45) is 1.28. The number of hydrogen-bond donors (Lipinski definition) is 0. The number of non-ortho nitro benzene ring substituents is 1. The van der Waals surface area contributed by atoms with Crippen molar-refractivity contribution in [3.05, 3.63) is 100 Å². The maximum atomic E-state index is 13.3. The van der Waals surface area contributed by atoms with Gasteiger partial charge >= 0.3 is 0 Å². The van der Waals surface area contributed by atoms with Gasteiger partial charge in [0.2, 0.25) is 10.0 Å². The number of benzene rings is 3. The van der Waals surface area contributed by atoms with E-state index in [9.17, 15) is 26.9 Å². The average Bonchev–Trinajstić information content (AvgIpc) is 3.58. The first-order valence-electron chi connectivity index (χ1n) is 10.5. The van der Waals surface area contributed by atoms with Gasteiger partial charge in [0.05, 0.1) is 26.8 Å². The highest BCUT2D eigenvalue weighted by Crippen LogP contribution is 2.46. The van der Waals surface area contributed by atoms with Crippen molar-refractivity contribution < 1.29 is 21.8 Å². The third-order valence-electron chi connectivity index (χ3n) is 5.61. The number of rotatable bonds is 8. The minimum absolute atomic E-state index is 0.0634. The topological polar surface area (TPSA) is 130 Å². The van der Waals surface area contributed by atoms with Gasteiger partial charge in [-0.15, -0.1) is 0 Å². The Hall–Kier alpha value is -3.61. The van der Waals surface area contributed by atoms with Crippen molar-refractivity contribution in [2.45, 2.75) is 28.8 Å². The number of hydrogen-bond acceptors (Lipinski definition) is 7. The van der Waals surface area contributed by atoms with Gasteiger partial charge in [0.25, 0.3) is 15.7 Å². The normalized spacial score (nSPS) is 20.0. The molecule has 0 aliphatic carbocycles. The number of aryl methyl sites for hydroxylation is 1. The van der Waals surface area contributed by atoms with E-state index < -0.39 is 37.1 Å². The third-order valence-corrected chi connectivity index (χ3v) is 9.17. The summed E-state index contributed by atoms with van der Waals surface area (Å²) in [5.74, 6) is 0. The van der Waals surface area contributed by atoms with E-state index in [0.29, 0.717) is 5.56 Å². The molecule has 0 saturated carbocycles. The fraction of sp³-hybridized carbons (Fsp3) is 0.174. The Morgan fingerprint density at radius 2 is 1.49 bits per heavy atom. The van der Waals surface area contributed by atoms with E-state index in [4.69, 9.17) is 0 Å². The molecule has 0 amide bonds. The van der Waals surface area contributed by atoms with E-state index in [1.807, 2.05) is 6.92 Å². The van der Waals surface area contributed by atoms with Crippen LogP contribution in [0.4, 0.5) is 5.69 Å². The maximum Gasteiger partial charge on any atom is 0.278 e. The Morgan fingerprint density at radius 1 is 0.914 bits per heavy atom. The summed E-state index contributed by atoms with van der Waals surface area (Å²) in [6, 6.07) is 18.4. The lowest BCUT2D eigenvalue weighted by atomic mass is 10.1. The lowest BCUT2D eigenvalue weighted by molar-refractivity contribution is -0.384. The van der Waals surface area contributed by atoms with Crippen molar-refractivity contribution >= 4 is 31.9 Å². The molecular weight excluding hydrogens is 492 g/mol. The van der Waals surface area contributed by atoms with Crippen LogP contribution < -0.4 is 0 Å². The molecule has 35 heavy (non-hydrogen) atoms. The molecule has 0 spiro atoms. The molecule has 1 aliphatic rings. The Balaban J connectivity index is 1.63. The van der Waals surface area contributed by atoms with Crippen LogP contribution in [0.5, 0.6) is 0 Å². The minimum atomic E-state index is -4.04. The van der Waals surface area contributed by atoms with Crippen LogP contribution in [-0.4, -0.2) is 49.8 Å². The van der Waals surface area contributed by atoms with Crippen molar-refractivity contribution in [1.82, 2.24) is 8.72 Å². The molecule has 1 fully saturated rings. The van der Waals surface area contributed by atoms with Crippen molar-refractivity contribution in [3.63, 3.8) is 0 Å². The second-order valence-electron chi connectivity index (χ2n) is 7.95. The molecule has 10 nitrogen and oxygen atoms in total. The van der Waals surface area contributed by atoms with Gasteiger partial charge < -0.3 is 0 Å². The average molecular weight is 515 g/mol. The van der Waals surface area contributed by atoms with Crippen molar-refractivity contribution in [2.24, 2.45) is 5.10 Å². The summed E-state index contributed by atoms with van der Waals surface area (Å²) in [5.41, 5.74) is 1.39. The van der Waals surface area contributed by atoms with Crippen LogP contribution in [-0.2, 0) is 20.0 Å². The van der Waals surface area contributed by atoms with E-state index >= 15 is 0 Å². The molecule has 3 atom stereocenters. The van der Waals surface area contributed by atoms with Crippen molar-refractivity contribution in [3.8, 4) is 0 Å². The van der Waals surface area contributed by atoms with Crippen LogP contribution in [0, 0.1) is 17.0 Å². The zero-order chi connectivity index (χ0) is 25.4. The van der Waals surface area contributed by atoms with E-state index in [-0.39, 0.29) is 15.5 Å². The van der Waals surface area contributed by atoms with Gasteiger partial charge in [-0.25, -0.2) is 8.42 Å². The predicted molar refractivity (Wildman–Crippen MR) is 130 cm³/mol. The number of nitro groups is 1. The molecule has 0 radical (unpaired) electrons. The SMILES string of the molecule is Cc1ccc(S(=O)(=O)N(C)/N=C/[C@@H]2[C@@H](c3ccccc3)N2S(=O)(=O)c2ccc([N+](=O)[O-])cc2)cc1. The van der Waals surface area contributed by atoms with Crippen LogP contribution in [0.2, 0.25) is 0 Å². The van der Waals surface area contributed by atoms with Crippen LogP contribution in [0.3, 0.4) is 0 Å². The summed E-state index contributed by atoms with van der Waals surface area (Å²) in [4.78, 5) is 10.3. The summed E-state index contributed by atoms with van der Waals surface area (Å²) in [6.45, 7) is 1.84. The van der Waals surface area contributed by atoms with E-state index in [1.165, 1.54) is 41.8 Å². The van der Waals surface area contributed by atoms with Crippen molar-refractivity contribution in [1.29, 1.82) is 0 Å². The molecule has 1 aliphatic heterocycles. The highest BCUT2D eigenvalue weighted by Gasteiger charge is 2.55. The monoisotopic (exact) mass is 514 g/mol. The van der Waals surface area contributed by atoms with Gasteiger partial charge in [-0.2, -0.15) is 22.2 Å². The second kappa shape index (κ2) is 9.21. The van der Waals surface area contributed by atoms with Crippen molar-refractivity contribution in [2.75, 3.05) is 7.05 Å². The van der Waals surface area contributed by atoms with Gasteiger partial charge in [-0.05, 0) is 36.8 Å². The Labute approximate surface area is 203 Å². The fourth-order valence-corrected chi connectivity index (χ4v) is 6.30. The molecule has 0 N–H and O–H groups in total. The Morgan fingerprint density at radius 3 is 2.06 bits per heavy atom. The predicted octanol–water partition coefficient (Wildman–Crippen LogP) is 3.32. The van der Waals surface area contributed by atoms with Crippen LogP contribution in [0.1, 0.15) is 17.2 Å². The first-order valence-corrected chi connectivity index (χ1v) is 13.3. The number of nitro benzene ring substituents is 1. The molecular formula is C23H22N4O6S2. The van der Waals surface area contributed by atoms with Crippen LogP contribution in [0.15, 0.2) is 93.8 Å². The Kier molecular flexibility index (Phi) is 6.45. The summed E-state index contributed by atoms with van der Waals surface area (Å²) >= 11 is 0. The molecule has 1 unspecified atom stereocenters. The first kappa shape index (κ1) is 24.5. The summed E-state index contributed by atoms with van der Waals surface area (Å²) < 4.78 is 54.3. The Bertz CT molecular complexity index is 1470.